The van der Waals surface area contributed by atoms with E-state index in [-0.39, 0.29) is 17.5 Å². The zero-order valence-corrected chi connectivity index (χ0v) is 11.0. The predicted molar refractivity (Wildman–Crippen MR) is 64.2 cm³/mol. The van der Waals surface area contributed by atoms with Gasteiger partial charge in [-0.05, 0) is 34.6 Å². The summed E-state index contributed by atoms with van der Waals surface area (Å²) >= 11 is 0. The van der Waals surface area contributed by atoms with Crippen molar-refractivity contribution in [3.8, 4) is 0 Å². The van der Waals surface area contributed by atoms with E-state index in [2.05, 4.69) is 10.6 Å². The molecule has 0 saturated heterocycles. The Morgan fingerprint density at radius 2 is 1.81 bits per heavy atom. The number of hydrogen-bond acceptors (Lipinski definition) is 2. The number of nitrogens with zero attached hydrogens (tertiary/aromatic N) is 1. The van der Waals surface area contributed by atoms with Gasteiger partial charge in [0.25, 0.3) is 0 Å². The van der Waals surface area contributed by atoms with Crippen LogP contribution in [0.25, 0.3) is 0 Å². The van der Waals surface area contributed by atoms with Crippen LogP contribution in [0.5, 0.6) is 0 Å². The van der Waals surface area contributed by atoms with Crippen LogP contribution in [0.2, 0.25) is 0 Å². The molecule has 5 nitrogen and oxygen atoms in total. The van der Waals surface area contributed by atoms with E-state index < -0.39 is 6.04 Å². The minimum atomic E-state index is -0.507. The molecule has 0 aromatic heterocycles. The van der Waals surface area contributed by atoms with E-state index in [4.69, 9.17) is 0 Å². The molecule has 0 aromatic rings. The Morgan fingerprint density at radius 1 is 1.31 bits per heavy atom. The number of carbonyl (C=O) groups is 2. The van der Waals surface area contributed by atoms with Crippen LogP contribution in [-0.2, 0) is 4.79 Å². The van der Waals surface area contributed by atoms with Crippen LogP contribution in [0.1, 0.15) is 34.6 Å². The molecule has 0 bridgehead atoms. The number of carbonyl (C=O) groups excluding carboxylic acids is 2. The first kappa shape index (κ1) is 14.7. The predicted octanol–water partition coefficient (Wildman–Crippen LogP) is 0.951. The van der Waals surface area contributed by atoms with Crippen LogP contribution < -0.4 is 10.6 Å². The summed E-state index contributed by atoms with van der Waals surface area (Å²) in [6.07, 6.45) is 0. The summed E-state index contributed by atoms with van der Waals surface area (Å²) < 4.78 is 0. The average Bonchev–Trinajstić information content (AvgIpc) is 2.12. The molecule has 1 atom stereocenters. The maximum Gasteiger partial charge on any atom is 0.315 e. The Morgan fingerprint density at radius 3 is 2.19 bits per heavy atom. The van der Waals surface area contributed by atoms with Crippen LogP contribution in [0.4, 0.5) is 4.79 Å². The van der Waals surface area contributed by atoms with E-state index in [9.17, 15) is 9.59 Å². The van der Waals surface area contributed by atoms with Gasteiger partial charge in [0.2, 0.25) is 5.91 Å². The molecule has 0 fully saturated rings. The first-order valence-corrected chi connectivity index (χ1v) is 5.51. The molecule has 0 aliphatic heterocycles. The van der Waals surface area contributed by atoms with Gasteiger partial charge < -0.3 is 15.5 Å². The molecule has 5 heteroatoms. The van der Waals surface area contributed by atoms with Crippen LogP contribution in [0.15, 0.2) is 0 Å². The highest BCUT2D eigenvalue weighted by molar-refractivity contribution is 5.86. The lowest BCUT2D eigenvalue weighted by Gasteiger charge is -2.24. The second-order valence-electron chi connectivity index (χ2n) is 4.92. The van der Waals surface area contributed by atoms with Gasteiger partial charge in [-0.3, -0.25) is 4.79 Å². The number of nitrogens with one attached hydrogen (secondary N) is 2. The molecular formula is C11H23N3O2. The lowest BCUT2D eigenvalue weighted by atomic mass is 10.1. The third-order valence-electron chi connectivity index (χ3n) is 2.06. The molecule has 16 heavy (non-hydrogen) atoms. The maximum absolute atomic E-state index is 11.7. The van der Waals surface area contributed by atoms with Crippen molar-refractivity contribution in [2.24, 2.45) is 0 Å². The van der Waals surface area contributed by atoms with Crippen molar-refractivity contribution >= 4 is 11.9 Å². The molecule has 1 unspecified atom stereocenters. The minimum Gasteiger partial charge on any atom is -0.344 e. The number of amides is 3. The quantitative estimate of drug-likeness (QED) is 0.757. The van der Waals surface area contributed by atoms with E-state index in [1.165, 1.54) is 0 Å². The summed E-state index contributed by atoms with van der Waals surface area (Å²) in [5.41, 5.74) is -0.302. The molecule has 0 radical (unpaired) electrons. The molecule has 0 aromatic carbocycles. The second-order valence-corrected chi connectivity index (χ2v) is 4.92. The van der Waals surface area contributed by atoms with Gasteiger partial charge in [-0.25, -0.2) is 4.79 Å². The summed E-state index contributed by atoms with van der Waals surface area (Å²) in [7, 11) is 1.71. The Labute approximate surface area is 97.6 Å². The summed E-state index contributed by atoms with van der Waals surface area (Å²) in [5, 5.41) is 5.35. The lowest BCUT2D eigenvalue weighted by Crippen LogP contribution is -2.52. The van der Waals surface area contributed by atoms with Gasteiger partial charge in [-0.2, -0.15) is 0 Å². The highest BCUT2D eigenvalue weighted by atomic mass is 16.2. The largest absolute Gasteiger partial charge is 0.344 e. The van der Waals surface area contributed by atoms with Crippen LogP contribution in [0, 0.1) is 0 Å². The lowest BCUT2D eigenvalue weighted by molar-refractivity contribution is -0.131. The van der Waals surface area contributed by atoms with Crippen molar-refractivity contribution in [2.45, 2.75) is 46.2 Å². The van der Waals surface area contributed by atoms with Crippen molar-refractivity contribution < 1.29 is 9.59 Å². The van der Waals surface area contributed by atoms with Gasteiger partial charge in [-0.15, -0.1) is 0 Å². The Bertz CT molecular complexity index is 258. The first-order valence-electron chi connectivity index (χ1n) is 5.51. The van der Waals surface area contributed by atoms with Crippen molar-refractivity contribution in [1.82, 2.24) is 15.5 Å². The number of urea groups is 1. The molecule has 0 aliphatic rings. The van der Waals surface area contributed by atoms with Gasteiger partial charge in [0.05, 0.1) is 0 Å². The highest BCUT2D eigenvalue weighted by Crippen LogP contribution is 1.98. The fourth-order valence-electron chi connectivity index (χ4n) is 1.12. The Balaban J connectivity index is 4.20. The SMILES string of the molecule is CCN(C)C(=O)C(C)NC(=O)NC(C)(C)C. The Hall–Kier alpha value is -1.26. The summed E-state index contributed by atoms with van der Waals surface area (Å²) in [5.74, 6) is -0.0911. The molecule has 0 rings (SSSR count). The van der Waals surface area contributed by atoms with E-state index >= 15 is 0 Å². The fourth-order valence-corrected chi connectivity index (χ4v) is 1.12. The zero-order valence-electron chi connectivity index (χ0n) is 11.0. The molecule has 0 heterocycles. The highest BCUT2D eigenvalue weighted by Gasteiger charge is 2.20. The standard InChI is InChI=1S/C11H23N3O2/c1-7-14(6)9(15)8(2)12-10(16)13-11(3,4)5/h8H,7H2,1-6H3,(H2,12,13,16). The topological polar surface area (TPSA) is 61.4 Å². The summed E-state index contributed by atoms with van der Waals surface area (Å²) in [6.45, 7) is 9.86. The van der Waals surface area contributed by atoms with Crippen LogP contribution in [0.3, 0.4) is 0 Å². The van der Waals surface area contributed by atoms with E-state index in [0.29, 0.717) is 6.54 Å². The van der Waals surface area contributed by atoms with Crippen molar-refractivity contribution in [1.29, 1.82) is 0 Å². The van der Waals surface area contributed by atoms with Gasteiger partial charge in [0.15, 0.2) is 0 Å². The van der Waals surface area contributed by atoms with Gasteiger partial charge in [0, 0.05) is 19.1 Å². The molecule has 94 valence electrons. The molecule has 3 amide bonds. The number of rotatable bonds is 3. The normalized spacial score (nSPS) is 12.9. The van der Waals surface area contributed by atoms with Crippen LogP contribution in [-0.4, -0.2) is 42.0 Å². The fraction of sp³-hybridized carbons (Fsp3) is 0.818. The summed E-state index contributed by atoms with van der Waals surface area (Å²) in [4.78, 5) is 24.7. The maximum atomic E-state index is 11.7. The van der Waals surface area contributed by atoms with E-state index in [1.54, 1.807) is 18.9 Å². The first-order chi connectivity index (χ1) is 7.17. The van der Waals surface area contributed by atoms with Gasteiger partial charge >= 0.3 is 6.03 Å². The molecule has 0 aliphatic carbocycles. The zero-order chi connectivity index (χ0) is 12.9. The van der Waals surface area contributed by atoms with Crippen molar-refractivity contribution in [2.75, 3.05) is 13.6 Å². The second kappa shape index (κ2) is 5.72. The molecular weight excluding hydrogens is 206 g/mol. The van der Waals surface area contributed by atoms with Gasteiger partial charge in [0.1, 0.15) is 6.04 Å². The third-order valence-corrected chi connectivity index (χ3v) is 2.06. The van der Waals surface area contributed by atoms with Crippen molar-refractivity contribution in [3.05, 3.63) is 0 Å². The van der Waals surface area contributed by atoms with E-state index in [0.717, 1.165) is 0 Å². The Kier molecular flexibility index (Phi) is 5.27. The van der Waals surface area contributed by atoms with Crippen LogP contribution >= 0.6 is 0 Å². The molecule has 2 N–H and O–H groups in total. The number of likely N-dealkylation sites (N-methyl/N-ethyl adjacent to an activating group) is 1. The van der Waals surface area contributed by atoms with Crippen molar-refractivity contribution in [3.63, 3.8) is 0 Å². The molecule has 0 saturated carbocycles. The number of hydrogen-bond donors (Lipinski definition) is 2. The minimum absolute atomic E-state index is 0.0911. The average molecular weight is 229 g/mol. The summed E-state index contributed by atoms with van der Waals surface area (Å²) in [6, 6.07) is -0.829. The monoisotopic (exact) mass is 229 g/mol. The smallest absolute Gasteiger partial charge is 0.315 e. The van der Waals surface area contributed by atoms with E-state index in [1.807, 2.05) is 27.7 Å². The third kappa shape index (κ3) is 5.58. The van der Waals surface area contributed by atoms with Gasteiger partial charge in [-0.1, -0.05) is 0 Å². The molecule has 0 spiro atoms.